The molecule has 2 rings (SSSR count). The number of hydrogen-bond acceptors (Lipinski definition) is 2. The molecule has 0 spiro atoms. The molecule has 3 nitrogen and oxygen atoms in total. The zero-order chi connectivity index (χ0) is 13.8. The van der Waals surface area contributed by atoms with Crippen molar-refractivity contribution in [3.8, 4) is 0 Å². The Kier molecular flexibility index (Phi) is 4.25. The first-order chi connectivity index (χ1) is 9.08. The minimum atomic E-state index is -0.799. The first-order valence-corrected chi connectivity index (χ1v) is 6.85. The molecular formula is C16H21NO2. The van der Waals surface area contributed by atoms with E-state index in [0.717, 1.165) is 30.8 Å². The molecule has 1 aromatic carbocycles. The van der Waals surface area contributed by atoms with Crippen LogP contribution >= 0.6 is 0 Å². The van der Waals surface area contributed by atoms with Crippen molar-refractivity contribution in [3.63, 3.8) is 0 Å². The molecule has 0 atom stereocenters. The fourth-order valence-electron chi connectivity index (χ4n) is 2.54. The Hall–Kier alpha value is -1.77. The fraction of sp³-hybridized carbons (Fsp3) is 0.438. The Morgan fingerprint density at radius 3 is 2.79 bits per heavy atom. The maximum Gasteiger partial charge on any atom is 0.331 e. The van der Waals surface area contributed by atoms with Crippen LogP contribution in [0.5, 0.6) is 0 Å². The molecule has 0 unspecified atom stereocenters. The lowest BCUT2D eigenvalue weighted by Crippen LogP contribution is -2.30. The van der Waals surface area contributed by atoms with Crippen LogP contribution in [0.25, 0.3) is 6.08 Å². The minimum absolute atomic E-state index is 0.511. The van der Waals surface area contributed by atoms with Crippen molar-refractivity contribution in [2.45, 2.75) is 26.7 Å². The monoisotopic (exact) mass is 259 g/mol. The molecule has 102 valence electrons. The van der Waals surface area contributed by atoms with Crippen molar-refractivity contribution < 1.29 is 9.90 Å². The van der Waals surface area contributed by atoms with E-state index < -0.39 is 5.97 Å². The van der Waals surface area contributed by atoms with Crippen molar-refractivity contribution in [1.29, 1.82) is 0 Å². The zero-order valence-corrected chi connectivity index (χ0v) is 11.6. The van der Waals surface area contributed by atoms with Gasteiger partial charge in [0.05, 0.1) is 0 Å². The predicted octanol–water partition coefficient (Wildman–Crippen LogP) is 3.41. The number of aliphatic carboxylic acids is 1. The molecule has 0 radical (unpaired) electrons. The molecule has 0 fully saturated rings. The van der Waals surface area contributed by atoms with Crippen molar-refractivity contribution in [2.75, 3.05) is 18.0 Å². The van der Waals surface area contributed by atoms with E-state index in [1.807, 2.05) is 24.3 Å². The van der Waals surface area contributed by atoms with Crippen LogP contribution in [0.1, 0.15) is 32.3 Å². The highest BCUT2D eigenvalue weighted by molar-refractivity contribution is 5.93. The summed E-state index contributed by atoms with van der Waals surface area (Å²) < 4.78 is 0. The molecule has 1 aromatic rings. The number of nitrogens with zero attached hydrogens (tertiary/aromatic N) is 1. The SMILES string of the molecule is CC(C)CN1CCCC(C(=O)O)=Cc2ccccc21. The van der Waals surface area contributed by atoms with Crippen molar-refractivity contribution in [1.82, 2.24) is 0 Å². The minimum Gasteiger partial charge on any atom is -0.478 e. The van der Waals surface area contributed by atoms with Crippen LogP contribution in [0.4, 0.5) is 5.69 Å². The van der Waals surface area contributed by atoms with Crippen LogP contribution in [0.3, 0.4) is 0 Å². The van der Waals surface area contributed by atoms with Gasteiger partial charge in [0.25, 0.3) is 0 Å². The first-order valence-electron chi connectivity index (χ1n) is 6.85. The molecule has 1 heterocycles. The van der Waals surface area contributed by atoms with E-state index >= 15 is 0 Å². The zero-order valence-electron chi connectivity index (χ0n) is 11.6. The van der Waals surface area contributed by atoms with E-state index in [-0.39, 0.29) is 0 Å². The number of rotatable bonds is 3. The lowest BCUT2D eigenvalue weighted by Gasteiger charge is -2.29. The van der Waals surface area contributed by atoms with Gasteiger partial charge in [0.15, 0.2) is 0 Å². The summed E-state index contributed by atoms with van der Waals surface area (Å²) in [5, 5.41) is 9.21. The van der Waals surface area contributed by atoms with E-state index in [9.17, 15) is 9.90 Å². The van der Waals surface area contributed by atoms with Gasteiger partial charge in [-0.15, -0.1) is 0 Å². The average molecular weight is 259 g/mol. The molecule has 1 N–H and O–H groups in total. The van der Waals surface area contributed by atoms with Crippen LogP contribution in [0.2, 0.25) is 0 Å². The first kappa shape index (κ1) is 13.7. The van der Waals surface area contributed by atoms with Crippen LogP contribution < -0.4 is 4.90 Å². The highest BCUT2D eigenvalue weighted by atomic mass is 16.4. The molecule has 3 heteroatoms. The molecular weight excluding hydrogens is 238 g/mol. The Morgan fingerprint density at radius 2 is 2.11 bits per heavy atom. The van der Waals surface area contributed by atoms with E-state index in [4.69, 9.17) is 0 Å². The molecule has 0 saturated heterocycles. The summed E-state index contributed by atoms with van der Waals surface area (Å²) in [7, 11) is 0. The fourth-order valence-corrected chi connectivity index (χ4v) is 2.54. The number of benzene rings is 1. The summed E-state index contributed by atoms with van der Waals surface area (Å²) >= 11 is 0. The summed E-state index contributed by atoms with van der Waals surface area (Å²) in [6.45, 7) is 6.34. The topological polar surface area (TPSA) is 40.5 Å². The molecule has 19 heavy (non-hydrogen) atoms. The van der Waals surface area contributed by atoms with E-state index in [1.54, 1.807) is 0 Å². The van der Waals surface area contributed by atoms with Crippen molar-refractivity contribution in [2.24, 2.45) is 5.92 Å². The van der Waals surface area contributed by atoms with Gasteiger partial charge in [-0.3, -0.25) is 0 Å². The molecule has 0 saturated carbocycles. The Bertz CT molecular complexity index is 491. The Morgan fingerprint density at radius 1 is 1.37 bits per heavy atom. The van der Waals surface area contributed by atoms with Gasteiger partial charge in [0.1, 0.15) is 0 Å². The van der Waals surface area contributed by atoms with Crippen molar-refractivity contribution in [3.05, 3.63) is 35.4 Å². The summed E-state index contributed by atoms with van der Waals surface area (Å²) in [5.41, 5.74) is 2.67. The van der Waals surface area contributed by atoms with Gasteiger partial charge in [0, 0.05) is 24.4 Å². The second kappa shape index (κ2) is 5.91. The Labute approximate surface area is 114 Å². The van der Waals surface area contributed by atoms with Crippen LogP contribution in [-0.2, 0) is 4.79 Å². The summed E-state index contributed by atoms with van der Waals surface area (Å²) in [6.07, 6.45) is 3.35. The van der Waals surface area contributed by atoms with Gasteiger partial charge < -0.3 is 10.0 Å². The second-order valence-corrected chi connectivity index (χ2v) is 5.48. The Balaban J connectivity index is 2.41. The number of carboxylic acid groups (broad SMARTS) is 1. The van der Waals surface area contributed by atoms with Crippen LogP contribution in [0, 0.1) is 5.92 Å². The molecule has 1 aliphatic heterocycles. The highest BCUT2D eigenvalue weighted by Crippen LogP contribution is 2.27. The summed E-state index contributed by atoms with van der Waals surface area (Å²) in [6, 6.07) is 8.06. The second-order valence-electron chi connectivity index (χ2n) is 5.48. The normalized spacial score (nSPS) is 15.5. The van der Waals surface area contributed by atoms with Gasteiger partial charge >= 0.3 is 5.97 Å². The van der Waals surface area contributed by atoms with Gasteiger partial charge in [-0.2, -0.15) is 0 Å². The average Bonchev–Trinajstić information content (AvgIpc) is 2.33. The maximum atomic E-state index is 11.2. The summed E-state index contributed by atoms with van der Waals surface area (Å²) in [4.78, 5) is 13.6. The van der Waals surface area contributed by atoms with E-state index in [0.29, 0.717) is 17.9 Å². The maximum absolute atomic E-state index is 11.2. The highest BCUT2D eigenvalue weighted by Gasteiger charge is 2.17. The van der Waals surface area contributed by atoms with E-state index in [2.05, 4.69) is 24.8 Å². The molecule has 0 amide bonds. The molecule has 0 aromatic heterocycles. The number of hydrogen-bond donors (Lipinski definition) is 1. The lowest BCUT2D eigenvalue weighted by atomic mass is 10.0. The van der Waals surface area contributed by atoms with Crippen molar-refractivity contribution >= 4 is 17.7 Å². The van der Waals surface area contributed by atoms with Gasteiger partial charge in [-0.1, -0.05) is 32.0 Å². The van der Waals surface area contributed by atoms with Gasteiger partial charge in [0.2, 0.25) is 0 Å². The number of para-hydroxylation sites is 1. The standard InChI is InChI=1S/C16H21NO2/c1-12(2)11-17-9-5-7-14(16(18)19)10-13-6-3-4-8-15(13)17/h3-4,6,8,10,12H,5,7,9,11H2,1-2H3,(H,18,19). The summed E-state index contributed by atoms with van der Waals surface area (Å²) in [5.74, 6) is -0.206. The number of fused-ring (bicyclic) bond motifs is 1. The van der Waals surface area contributed by atoms with E-state index in [1.165, 1.54) is 0 Å². The number of carboxylic acids is 1. The molecule has 0 bridgehead atoms. The third kappa shape index (κ3) is 3.37. The number of carbonyl (C=O) groups is 1. The number of anilines is 1. The molecule has 0 aliphatic carbocycles. The quantitative estimate of drug-likeness (QED) is 0.904. The smallest absolute Gasteiger partial charge is 0.331 e. The largest absolute Gasteiger partial charge is 0.478 e. The molecule has 1 aliphatic rings. The van der Waals surface area contributed by atoms with Crippen LogP contribution in [-0.4, -0.2) is 24.2 Å². The third-order valence-corrected chi connectivity index (χ3v) is 3.34. The predicted molar refractivity (Wildman–Crippen MR) is 78.3 cm³/mol. The van der Waals surface area contributed by atoms with Gasteiger partial charge in [-0.05, 0) is 36.5 Å². The third-order valence-electron chi connectivity index (χ3n) is 3.34. The lowest BCUT2D eigenvalue weighted by molar-refractivity contribution is -0.132. The van der Waals surface area contributed by atoms with Crippen LogP contribution in [0.15, 0.2) is 29.8 Å². The van der Waals surface area contributed by atoms with Gasteiger partial charge in [-0.25, -0.2) is 4.79 Å².